The summed E-state index contributed by atoms with van der Waals surface area (Å²) in [7, 11) is 4.83. The Hall–Kier alpha value is -2.91. The Morgan fingerprint density at radius 2 is 2.00 bits per heavy atom. The Balaban J connectivity index is 1.88. The van der Waals surface area contributed by atoms with Crippen LogP contribution in [0.4, 0.5) is 5.82 Å². The molecule has 2 N–H and O–H groups in total. The van der Waals surface area contributed by atoms with E-state index in [2.05, 4.69) is 20.6 Å². The molecule has 1 amide bonds. The number of thiophene rings is 1. The van der Waals surface area contributed by atoms with E-state index in [0.717, 1.165) is 21.3 Å². The molecule has 1 aromatic carbocycles. The fraction of sp³-hybridized carbons (Fsp3) is 0.381. The first kappa shape index (κ1) is 21.8. The molecule has 0 bridgehead atoms. The number of hydrogen-bond acceptors (Lipinski definition) is 8. The number of ether oxygens (including phenoxy) is 3. The van der Waals surface area contributed by atoms with Crippen molar-refractivity contribution >= 4 is 33.3 Å². The van der Waals surface area contributed by atoms with Crippen molar-refractivity contribution < 1.29 is 19.0 Å². The number of anilines is 1. The van der Waals surface area contributed by atoms with Gasteiger partial charge in [-0.2, -0.15) is 0 Å². The molecule has 2 aromatic heterocycles. The SMILES string of the molecule is COC[C@H](C)NC(=O)c1sc2ncnc(NCc3cccc(OC)c3OC)c2c1C. The van der Waals surface area contributed by atoms with Gasteiger partial charge in [0, 0.05) is 25.3 Å². The van der Waals surface area contributed by atoms with Gasteiger partial charge >= 0.3 is 0 Å². The third kappa shape index (κ3) is 4.47. The fourth-order valence-electron chi connectivity index (χ4n) is 3.28. The summed E-state index contributed by atoms with van der Waals surface area (Å²) in [5.74, 6) is 1.87. The minimum absolute atomic E-state index is 0.0867. The lowest BCUT2D eigenvalue weighted by Gasteiger charge is -2.14. The lowest BCUT2D eigenvalue weighted by atomic mass is 10.1. The number of amides is 1. The Bertz CT molecular complexity index is 1040. The third-order valence-corrected chi connectivity index (χ3v) is 5.86. The maximum atomic E-state index is 12.7. The molecule has 30 heavy (non-hydrogen) atoms. The van der Waals surface area contributed by atoms with Crippen LogP contribution in [0.2, 0.25) is 0 Å². The van der Waals surface area contributed by atoms with E-state index >= 15 is 0 Å². The minimum atomic E-state index is -0.138. The van der Waals surface area contributed by atoms with Gasteiger partial charge in [0.2, 0.25) is 0 Å². The first-order valence-corrected chi connectivity index (χ1v) is 10.3. The predicted molar refractivity (Wildman–Crippen MR) is 118 cm³/mol. The van der Waals surface area contributed by atoms with Crippen molar-refractivity contribution in [3.05, 3.63) is 40.5 Å². The summed E-state index contributed by atoms with van der Waals surface area (Å²) in [6.45, 7) is 4.74. The summed E-state index contributed by atoms with van der Waals surface area (Å²) in [6, 6.07) is 5.64. The molecule has 0 saturated carbocycles. The Morgan fingerprint density at radius 3 is 2.70 bits per heavy atom. The second-order valence-electron chi connectivity index (χ2n) is 6.79. The highest BCUT2D eigenvalue weighted by Gasteiger charge is 2.20. The smallest absolute Gasteiger partial charge is 0.262 e. The molecule has 3 rings (SSSR count). The summed E-state index contributed by atoms with van der Waals surface area (Å²) >= 11 is 1.35. The van der Waals surface area contributed by atoms with Gasteiger partial charge in [-0.1, -0.05) is 12.1 Å². The van der Waals surface area contributed by atoms with Crippen LogP contribution in [0.15, 0.2) is 24.5 Å². The standard InChI is InChI=1S/C21H26N4O4S/c1-12(10-27-3)25-20(26)18-13(2)16-19(23-11-24-21(16)30-18)22-9-14-7-6-8-15(28-4)17(14)29-5/h6-8,11-12H,9-10H2,1-5H3,(H,25,26)(H,22,23,24)/t12-/m0/s1. The van der Waals surface area contributed by atoms with Gasteiger partial charge in [0.15, 0.2) is 11.5 Å². The number of nitrogens with zero attached hydrogens (tertiary/aromatic N) is 2. The average molecular weight is 431 g/mol. The number of nitrogens with one attached hydrogen (secondary N) is 2. The molecule has 3 aromatic rings. The zero-order valence-electron chi connectivity index (χ0n) is 17.7. The zero-order valence-corrected chi connectivity index (χ0v) is 18.6. The number of benzene rings is 1. The van der Waals surface area contributed by atoms with E-state index in [0.29, 0.717) is 35.3 Å². The molecule has 0 saturated heterocycles. The highest BCUT2D eigenvalue weighted by atomic mass is 32.1. The van der Waals surface area contributed by atoms with E-state index in [1.54, 1.807) is 21.3 Å². The van der Waals surface area contributed by atoms with Crippen molar-refractivity contribution in [3.63, 3.8) is 0 Å². The summed E-state index contributed by atoms with van der Waals surface area (Å²) in [5.41, 5.74) is 1.78. The molecular weight excluding hydrogens is 404 g/mol. The van der Waals surface area contributed by atoms with Crippen LogP contribution in [0.5, 0.6) is 11.5 Å². The molecule has 0 aliphatic rings. The Morgan fingerprint density at radius 1 is 1.20 bits per heavy atom. The fourth-order valence-corrected chi connectivity index (χ4v) is 4.33. The number of fused-ring (bicyclic) bond motifs is 1. The van der Waals surface area contributed by atoms with E-state index < -0.39 is 0 Å². The maximum Gasteiger partial charge on any atom is 0.262 e. The van der Waals surface area contributed by atoms with E-state index in [4.69, 9.17) is 14.2 Å². The largest absolute Gasteiger partial charge is 0.493 e. The number of hydrogen-bond donors (Lipinski definition) is 2. The molecular formula is C21H26N4O4S. The van der Waals surface area contributed by atoms with Crippen LogP contribution in [-0.4, -0.2) is 49.9 Å². The van der Waals surface area contributed by atoms with Crippen molar-refractivity contribution in [2.45, 2.75) is 26.4 Å². The van der Waals surface area contributed by atoms with Crippen molar-refractivity contribution in [2.75, 3.05) is 33.3 Å². The molecule has 0 aliphatic heterocycles. The van der Waals surface area contributed by atoms with Gasteiger partial charge in [0.05, 0.1) is 31.1 Å². The molecule has 0 spiro atoms. The Kier molecular flexibility index (Phi) is 7.07. The average Bonchev–Trinajstić information content (AvgIpc) is 3.09. The van der Waals surface area contributed by atoms with Crippen LogP contribution in [0.25, 0.3) is 10.2 Å². The molecule has 9 heteroatoms. The van der Waals surface area contributed by atoms with E-state index in [9.17, 15) is 4.79 Å². The van der Waals surface area contributed by atoms with Crippen LogP contribution in [0.1, 0.15) is 27.7 Å². The first-order chi connectivity index (χ1) is 14.5. The van der Waals surface area contributed by atoms with E-state index in [-0.39, 0.29) is 11.9 Å². The van der Waals surface area contributed by atoms with Crippen LogP contribution in [0, 0.1) is 6.92 Å². The molecule has 160 valence electrons. The lowest BCUT2D eigenvalue weighted by molar-refractivity contribution is 0.0909. The minimum Gasteiger partial charge on any atom is -0.493 e. The number of para-hydroxylation sites is 1. The van der Waals surface area contributed by atoms with Gasteiger partial charge in [-0.15, -0.1) is 11.3 Å². The maximum absolute atomic E-state index is 12.7. The number of methoxy groups -OCH3 is 3. The molecule has 2 heterocycles. The molecule has 0 unspecified atom stereocenters. The van der Waals surface area contributed by atoms with Gasteiger partial charge in [-0.25, -0.2) is 9.97 Å². The monoisotopic (exact) mass is 430 g/mol. The number of aryl methyl sites for hydroxylation is 1. The van der Waals surface area contributed by atoms with Crippen molar-refractivity contribution in [2.24, 2.45) is 0 Å². The van der Waals surface area contributed by atoms with E-state index in [1.807, 2.05) is 32.0 Å². The highest BCUT2D eigenvalue weighted by molar-refractivity contribution is 7.20. The molecule has 0 aliphatic carbocycles. The van der Waals surface area contributed by atoms with Crippen LogP contribution in [0.3, 0.4) is 0 Å². The Labute approximate surface area is 179 Å². The summed E-state index contributed by atoms with van der Waals surface area (Å²) in [6.07, 6.45) is 1.50. The zero-order chi connectivity index (χ0) is 21.7. The van der Waals surface area contributed by atoms with E-state index in [1.165, 1.54) is 17.7 Å². The second kappa shape index (κ2) is 9.73. The predicted octanol–water partition coefficient (Wildman–Crippen LogP) is 3.39. The van der Waals surface area contributed by atoms with Gasteiger partial charge in [-0.05, 0) is 25.5 Å². The lowest BCUT2D eigenvalue weighted by Crippen LogP contribution is -2.35. The van der Waals surface area contributed by atoms with Gasteiger partial charge < -0.3 is 24.8 Å². The van der Waals surface area contributed by atoms with Crippen molar-refractivity contribution in [3.8, 4) is 11.5 Å². The number of rotatable bonds is 9. The van der Waals surface area contributed by atoms with Gasteiger partial charge in [0.1, 0.15) is 17.0 Å². The molecule has 0 radical (unpaired) electrons. The van der Waals surface area contributed by atoms with Crippen molar-refractivity contribution in [1.82, 2.24) is 15.3 Å². The molecule has 8 nitrogen and oxygen atoms in total. The van der Waals surface area contributed by atoms with Gasteiger partial charge in [0.25, 0.3) is 5.91 Å². The third-order valence-electron chi connectivity index (χ3n) is 4.66. The van der Waals surface area contributed by atoms with Crippen LogP contribution < -0.4 is 20.1 Å². The van der Waals surface area contributed by atoms with Gasteiger partial charge in [-0.3, -0.25) is 4.79 Å². The number of carbonyl (C=O) groups is 1. The summed E-state index contributed by atoms with van der Waals surface area (Å²) in [4.78, 5) is 22.8. The molecule has 1 atom stereocenters. The number of aromatic nitrogens is 2. The van der Waals surface area contributed by atoms with Crippen LogP contribution >= 0.6 is 11.3 Å². The first-order valence-electron chi connectivity index (χ1n) is 9.47. The molecule has 0 fully saturated rings. The highest BCUT2D eigenvalue weighted by Crippen LogP contribution is 2.35. The summed E-state index contributed by atoms with van der Waals surface area (Å²) in [5, 5.41) is 7.15. The van der Waals surface area contributed by atoms with Crippen molar-refractivity contribution in [1.29, 1.82) is 0 Å². The van der Waals surface area contributed by atoms with Crippen LogP contribution in [-0.2, 0) is 11.3 Å². The topological polar surface area (TPSA) is 94.6 Å². The second-order valence-corrected chi connectivity index (χ2v) is 7.79. The summed E-state index contributed by atoms with van der Waals surface area (Å²) < 4.78 is 16.0. The normalized spacial score (nSPS) is 11.9. The quantitative estimate of drug-likeness (QED) is 0.537. The number of carbonyl (C=O) groups excluding carboxylic acids is 1.